The fraction of sp³-hybridized carbons (Fsp3) is 0.611. The lowest BCUT2D eigenvalue weighted by atomic mass is 10.1. The van der Waals surface area contributed by atoms with E-state index in [1.54, 1.807) is 24.3 Å². The highest BCUT2D eigenvalue weighted by Crippen LogP contribution is 2.19. The Kier molecular flexibility index (Phi) is 6.47. The van der Waals surface area contributed by atoms with Gasteiger partial charge < -0.3 is 19.7 Å². The maximum Gasteiger partial charge on any atom is 0.321 e. The molecule has 1 aromatic carbocycles. The van der Waals surface area contributed by atoms with Crippen molar-refractivity contribution in [2.75, 3.05) is 64.5 Å². The molecule has 0 bridgehead atoms. The number of hydrogen-bond donors (Lipinski definition) is 1. The molecule has 138 valence electrons. The number of nitrogens with one attached hydrogen (secondary N) is 1. The monoisotopic (exact) mass is 351 g/mol. The first kappa shape index (κ1) is 17.9. The number of urea groups is 1. The molecule has 0 spiro atoms. The molecule has 2 amide bonds. The van der Waals surface area contributed by atoms with Gasteiger partial charge in [0.05, 0.1) is 6.61 Å². The lowest BCUT2D eigenvalue weighted by Gasteiger charge is -2.35. The second-order valence-electron chi connectivity index (χ2n) is 6.51. The van der Waals surface area contributed by atoms with Crippen molar-refractivity contribution >= 4 is 11.7 Å². The van der Waals surface area contributed by atoms with Gasteiger partial charge in [0.15, 0.2) is 0 Å². The van der Waals surface area contributed by atoms with Crippen LogP contribution in [0.15, 0.2) is 24.3 Å². The Hall–Kier alpha value is -1.86. The van der Waals surface area contributed by atoms with Crippen molar-refractivity contribution < 1.29 is 18.7 Å². The zero-order chi connectivity index (χ0) is 17.5. The molecule has 2 saturated heterocycles. The summed E-state index contributed by atoms with van der Waals surface area (Å²) in [6.45, 7) is 5.51. The molecule has 2 aliphatic rings. The molecule has 2 heterocycles. The van der Waals surface area contributed by atoms with Crippen molar-refractivity contribution in [1.82, 2.24) is 9.80 Å². The van der Waals surface area contributed by atoms with E-state index >= 15 is 0 Å². The number of carbonyl (C=O) groups excluding carboxylic acids is 1. The summed E-state index contributed by atoms with van der Waals surface area (Å²) in [6, 6.07) is 6.94. The van der Waals surface area contributed by atoms with Gasteiger partial charge in [-0.05, 0) is 24.5 Å². The predicted molar refractivity (Wildman–Crippen MR) is 93.9 cm³/mol. The van der Waals surface area contributed by atoms with Crippen molar-refractivity contribution in [3.63, 3.8) is 0 Å². The van der Waals surface area contributed by atoms with E-state index in [9.17, 15) is 9.18 Å². The van der Waals surface area contributed by atoms with Crippen molar-refractivity contribution in [3.8, 4) is 5.75 Å². The third-order valence-electron chi connectivity index (χ3n) is 4.63. The van der Waals surface area contributed by atoms with E-state index in [4.69, 9.17) is 9.47 Å². The summed E-state index contributed by atoms with van der Waals surface area (Å²) in [5, 5.41) is 2.89. The molecule has 0 aliphatic carbocycles. The molecule has 1 N–H and O–H groups in total. The Balaban J connectivity index is 1.44. The Labute approximate surface area is 147 Å². The average molecular weight is 351 g/mol. The predicted octanol–water partition coefficient (Wildman–Crippen LogP) is 2.22. The maximum absolute atomic E-state index is 12.4. The standard InChI is InChI=1S/C18H26FN3O3/c19-5-11-25-17-3-1-2-16(12-17)20-18(23)22-8-6-21(7-9-22)13-15-4-10-24-14-15/h1-3,12,15H,4-11,13-14H2,(H,20,23). The summed E-state index contributed by atoms with van der Waals surface area (Å²) in [4.78, 5) is 16.7. The van der Waals surface area contributed by atoms with Gasteiger partial charge in [-0.3, -0.25) is 4.90 Å². The van der Waals surface area contributed by atoms with Crippen LogP contribution >= 0.6 is 0 Å². The highest BCUT2D eigenvalue weighted by molar-refractivity contribution is 5.89. The molecule has 6 nitrogen and oxygen atoms in total. The molecular formula is C18H26FN3O3. The number of rotatable bonds is 6. The first-order valence-electron chi connectivity index (χ1n) is 8.89. The van der Waals surface area contributed by atoms with Crippen molar-refractivity contribution in [2.24, 2.45) is 5.92 Å². The van der Waals surface area contributed by atoms with Crippen LogP contribution in [0, 0.1) is 5.92 Å². The summed E-state index contributed by atoms with van der Waals surface area (Å²) in [5.41, 5.74) is 0.659. The van der Waals surface area contributed by atoms with Gasteiger partial charge in [-0.25, -0.2) is 9.18 Å². The lowest BCUT2D eigenvalue weighted by molar-refractivity contribution is 0.124. The minimum Gasteiger partial charge on any atom is -0.491 e. The van der Waals surface area contributed by atoms with Crippen LogP contribution in [0.3, 0.4) is 0 Å². The lowest BCUT2D eigenvalue weighted by Crippen LogP contribution is -2.51. The molecule has 7 heteroatoms. The third kappa shape index (κ3) is 5.31. The van der Waals surface area contributed by atoms with Gasteiger partial charge in [0, 0.05) is 51.1 Å². The maximum atomic E-state index is 12.4. The van der Waals surface area contributed by atoms with Crippen LogP contribution in [0.25, 0.3) is 0 Å². The van der Waals surface area contributed by atoms with Gasteiger partial charge in [0.2, 0.25) is 0 Å². The first-order chi connectivity index (χ1) is 12.2. The van der Waals surface area contributed by atoms with Crippen LogP contribution in [0.2, 0.25) is 0 Å². The zero-order valence-electron chi connectivity index (χ0n) is 14.5. The van der Waals surface area contributed by atoms with Crippen LogP contribution in [0.1, 0.15) is 6.42 Å². The number of benzene rings is 1. The van der Waals surface area contributed by atoms with E-state index in [0.29, 0.717) is 17.4 Å². The minimum atomic E-state index is -0.534. The highest BCUT2D eigenvalue weighted by atomic mass is 19.1. The summed E-state index contributed by atoms with van der Waals surface area (Å²) in [7, 11) is 0. The molecule has 25 heavy (non-hydrogen) atoms. The van der Waals surface area contributed by atoms with Crippen LogP contribution in [-0.4, -0.2) is 75.0 Å². The van der Waals surface area contributed by atoms with Crippen LogP contribution in [0.4, 0.5) is 14.9 Å². The molecule has 3 rings (SSSR count). The zero-order valence-corrected chi connectivity index (χ0v) is 14.5. The number of alkyl halides is 1. The van der Waals surface area contributed by atoms with E-state index in [1.165, 1.54) is 0 Å². The molecular weight excluding hydrogens is 325 g/mol. The first-order valence-corrected chi connectivity index (χ1v) is 8.89. The van der Waals surface area contributed by atoms with E-state index < -0.39 is 6.67 Å². The summed E-state index contributed by atoms with van der Waals surface area (Å²) in [5.74, 6) is 1.19. The Morgan fingerprint density at radius 2 is 2.16 bits per heavy atom. The molecule has 0 aromatic heterocycles. The van der Waals surface area contributed by atoms with Gasteiger partial charge in [0.1, 0.15) is 19.0 Å². The van der Waals surface area contributed by atoms with E-state index in [2.05, 4.69) is 10.2 Å². The van der Waals surface area contributed by atoms with Gasteiger partial charge in [-0.2, -0.15) is 0 Å². The highest BCUT2D eigenvalue weighted by Gasteiger charge is 2.24. The third-order valence-corrected chi connectivity index (χ3v) is 4.63. The molecule has 0 saturated carbocycles. The summed E-state index contributed by atoms with van der Waals surface area (Å²) >= 11 is 0. The van der Waals surface area contributed by atoms with E-state index in [1.807, 2.05) is 4.90 Å². The van der Waals surface area contributed by atoms with Crippen molar-refractivity contribution in [3.05, 3.63) is 24.3 Å². The SMILES string of the molecule is O=C(Nc1cccc(OCCF)c1)N1CCN(CC2CCOC2)CC1. The Morgan fingerprint density at radius 3 is 2.88 bits per heavy atom. The second kappa shape index (κ2) is 9.01. The van der Waals surface area contributed by atoms with Crippen LogP contribution in [0.5, 0.6) is 5.75 Å². The second-order valence-corrected chi connectivity index (χ2v) is 6.51. The number of ether oxygens (including phenoxy) is 2. The van der Waals surface area contributed by atoms with Gasteiger partial charge in [0.25, 0.3) is 0 Å². The molecule has 1 unspecified atom stereocenters. The topological polar surface area (TPSA) is 54.0 Å². The van der Waals surface area contributed by atoms with Crippen LogP contribution in [-0.2, 0) is 4.74 Å². The quantitative estimate of drug-likeness (QED) is 0.854. The molecule has 0 radical (unpaired) electrons. The summed E-state index contributed by atoms with van der Waals surface area (Å²) < 4.78 is 22.8. The normalized spacial score (nSPS) is 21.3. The van der Waals surface area contributed by atoms with Crippen molar-refractivity contribution in [1.29, 1.82) is 0 Å². The molecule has 2 aliphatic heterocycles. The van der Waals surface area contributed by atoms with Crippen molar-refractivity contribution in [2.45, 2.75) is 6.42 Å². The number of anilines is 1. The average Bonchev–Trinajstić information content (AvgIpc) is 3.14. The Bertz CT molecular complexity index is 558. The number of amides is 2. The Morgan fingerprint density at radius 1 is 1.32 bits per heavy atom. The fourth-order valence-corrected chi connectivity index (χ4v) is 3.25. The van der Waals surface area contributed by atoms with Gasteiger partial charge >= 0.3 is 6.03 Å². The largest absolute Gasteiger partial charge is 0.491 e. The molecule has 1 aromatic rings. The van der Waals surface area contributed by atoms with E-state index in [0.717, 1.165) is 52.4 Å². The van der Waals surface area contributed by atoms with Gasteiger partial charge in [-0.1, -0.05) is 6.07 Å². The number of halogens is 1. The fourth-order valence-electron chi connectivity index (χ4n) is 3.25. The molecule has 2 fully saturated rings. The number of carbonyl (C=O) groups is 1. The van der Waals surface area contributed by atoms with Gasteiger partial charge in [-0.15, -0.1) is 0 Å². The van der Waals surface area contributed by atoms with E-state index in [-0.39, 0.29) is 12.6 Å². The minimum absolute atomic E-state index is 0.0192. The summed E-state index contributed by atoms with van der Waals surface area (Å²) in [6.07, 6.45) is 1.14. The molecule has 1 atom stereocenters. The number of hydrogen-bond acceptors (Lipinski definition) is 4. The smallest absolute Gasteiger partial charge is 0.321 e. The number of piperazine rings is 1. The number of nitrogens with zero attached hydrogens (tertiary/aromatic N) is 2. The van der Waals surface area contributed by atoms with Crippen LogP contribution < -0.4 is 10.1 Å².